The van der Waals surface area contributed by atoms with E-state index in [9.17, 15) is 9.18 Å². The van der Waals surface area contributed by atoms with Crippen molar-refractivity contribution in [1.82, 2.24) is 9.80 Å². The minimum Gasteiger partial charge on any atom is -0.311 e. The molecule has 0 aromatic heterocycles. The van der Waals surface area contributed by atoms with Crippen LogP contribution < -0.4 is 4.90 Å². The lowest BCUT2D eigenvalue weighted by molar-refractivity contribution is -0.124. The maximum Gasteiger partial charge on any atom is 0.229 e. The van der Waals surface area contributed by atoms with Crippen LogP contribution in [0.1, 0.15) is 42.0 Å². The van der Waals surface area contributed by atoms with E-state index in [2.05, 4.69) is 55.0 Å². The third-order valence-electron chi connectivity index (χ3n) is 7.58. The van der Waals surface area contributed by atoms with Crippen molar-refractivity contribution < 1.29 is 9.18 Å². The third kappa shape index (κ3) is 6.39. The molecule has 0 aliphatic carbocycles. The third-order valence-corrected chi connectivity index (χ3v) is 7.58. The summed E-state index contributed by atoms with van der Waals surface area (Å²) < 4.78 is 14.3. The zero-order chi connectivity index (χ0) is 24.9. The van der Waals surface area contributed by atoms with Gasteiger partial charge >= 0.3 is 0 Å². The summed E-state index contributed by atoms with van der Waals surface area (Å²) in [4.78, 5) is 20.1. The van der Waals surface area contributed by atoms with Crippen molar-refractivity contribution in [1.29, 1.82) is 0 Å². The molecule has 2 atom stereocenters. The highest BCUT2D eigenvalue weighted by atomic mass is 19.1. The van der Waals surface area contributed by atoms with Gasteiger partial charge in [-0.1, -0.05) is 37.3 Å². The van der Waals surface area contributed by atoms with Gasteiger partial charge in [0.1, 0.15) is 5.82 Å². The Labute approximate surface area is 210 Å². The maximum absolute atomic E-state index is 14.3. The molecule has 0 spiro atoms. The normalized spacial score (nSPS) is 22.3. The first-order chi connectivity index (χ1) is 16.8. The van der Waals surface area contributed by atoms with Gasteiger partial charge < -0.3 is 14.7 Å². The van der Waals surface area contributed by atoms with Gasteiger partial charge in [0.2, 0.25) is 5.91 Å². The molecule has 35 heavy (non-hydrogen) atoms. The zero-order valence-corrected chi connectivity index (χ0v) is 21.8. The number of likely N-dealkylation sites (N-methyl/N-ethyl adjacent to an activating group) is 1. The molecule has 4 rings (SSSR count). The molecule has 2 aliphatic rings. The number of carbonyl (C=O) groups is 1. The van der Waals surface area contributed by atoms with Gasteiger partial charge in [-0.05, 0) is 86.5 Å². The second-order valence-electron chi connectivity index (χ2n) is 10.6. The molecule has 0 saturated carbocycles. The number of hydrogen-bond donors (Lipinski definition) is 0. The SMILES string of the molecule is Cc1cc(/C=C/CCN2CCN(C)CC2)cc(C)c1N1C[C@@H](Cc2ccccc2F)C[C@@H](C)C1=O. The average molecular weight is 478 g/mol. The zero-order valence-electron chi connectivity index (χ0n) is 21.8. The fourth-order valence-electron chi connectivity index (χ4n) is 5.67. The van der Waals surface area contributed by atoms with E-state index in [1.807, 2.05) is 24.0 Å². The Morgan fingerprint density at radius 3 is 2.43 bits per heavy atom. The Hall–Kier alpha value is -2.50. The van der Waals surface area contributed by atoms with Gasteiger partial charge in [-0.2, -0.15) is 0 Å². The van der Waals surface area contributed by atoms with Crippen LogP contribution in [0.5, 0.6) is 0 Å². The molecule has 2 aromatic carbocycles. The van der Waals surface area contributed by atoms with Gasteiger partial charge in [-0.25, -0.2) is 4.39 Å². The monoisotopic (exact) mass is 477 g/mol. The van der Waals surface area contributed by atoms with E-state index >= 15 is 0 Å². The van der Waals surface area contributed by atoms with Gasteiger partial charge in [0.15, 0.2) is 0 Å². The number of hydrogen-bond acceptors (Lipinski definition) is 3. The first-order valence-electron chi connectivity index (χ1n) is 13.0. The van der Waals surface area contributed by atoms with Crippen molar-refractivity contribution in [3.05, 3.63) is 70.5 Å². The summed E-state index contributed by atoms with van der Waals surface area (Å²) in [5, 5.41) is 0. The number of halogens is 1. The van der Waals surface area contributed by atoms with Crippen molar-refractivity contribution >= 4 is 17.7 Å². The number of nitrogens with zero attached hydrogens (tertiary/aromatic N) is 3. The Bertz CT molecular complexity index is 1030. The standard InChI is InChI=1S/C30H40FN3O/c1-22-17-25(9-7-8-12-33-15-13-32(4)14-16-33)18-23(2)29(22)34-21-26(19-24(3)30(34)35)20-27-10-5-6-11-28(27)31/h5-7,9-11,17-18,24,26H,8,12-16,19-21H2,1-4H3/b9-7+/t24-,26-/m1/s1. The first kappa shape index (κ1) is 25.6. The highest BCUT2D eigenvalue weighted by molar-refractivity contribution is 5.97. The van der Waals surface area contributed by atoms with Gasteiger partial charge in [-0.3, -0.25) is 4.79 Å². The Kier molecular flexibility index (Phi) is 8.40. The summed E-state index contributed by atoms with van der Waals surface area (Å²) in [6, 6.07) is 11.4. The molecule has 0 N–H and O–H groups in total. The number of anilines is 1. The van der Waals surface area contributed by atoms with E-state index in [0.717, 1.165) is 67.9 Å². The van der Waals surface area contributed by atoms with Crippen LogP contribution in [-0.4, -0.2) is 62.0 Å². The highest BCUT2D eigenvalue weighted by Crippen LogP contribution is 2.34. The molecular weight excluding hydrogens is 437 g/mol. The summed E-state index contributed by atoms with van der Waals surface area (Å²) in [5.41, 5.74) is 5.19. The molecule has 0 bridgehead atoms. The van der Waals surface area contributed by atoms with Crippen molar-refractivity contribution in [3.63, 3.8) is 0 Å². The molecule has 0 unspecified atom stereocenters. The molecule has 2 heterocycles. The van der Waals surface area contributed by atoms with Crippen LogP contribution in [0.15, 0.2) is 42.5 Å². The van der Waals surface area contributed by atoms with E-state index in [0.29, 0.717) is 13.0 Å². The Morgan fingerprint density at radius 2 is 1.74 bits per heavy atom. The first-order valence-corrected chi connectivity index (χ1v) is 13.0. The van der Waals surface area contributed by atoms with E-state index in [4.69, 9.17) is 0 Å². The van der Waals surface area contributed by atoms with Crippen LogP contribution in [0.3, 0.4) is 0 Å². The number of rotatable bonds is 7. The van der Waals surface area contributed by atoms with Gasteiger partial charge in [0, 0.05) is 50.9 Å². The van der Waals surface area contributed by atoms with Gasteiger partial charge in [-0.15, -0.1) is 0 Å². The van der Waals surface area contributed by atoms with Crippen LogP contribution in [0.4, 0.5) is 10.1 Å². The number of carbonyl (C=O) groups excluding carboxylic acids is 1. The quantitative estimate of drug-likeness (QED) is 0.540. The Balaban J connectivity index is 1.43. The highest BCUT2D eigenvalue weighted by Gasteiger charge is 2.34. The predicted molar refractivity (Wildman–Crippen MR) is 143 cm³/mol. The molecule has 2 fully saturated rings. The van der Waals surface area contributed by atoms with Crippen LogP contribution in [0.2, 0.25) is 0 Å². The van der Waals surface area contributed by atoms with Crippen molar-refractivity contribution in [3.8, 4) is 0 Å². The van der Waals surface area contributed by atoms with Crippen molar-refractivity contribution in [2.45, 2.75) is 40.0 Å². The molecule has 2 saturated heterocycles. The molecule has 2 aromatic rings. The molecule has 5 heteroatoms. The second-order valence-corrected chi connectivity index (χ2v) is 10.6. The summed E-state index contributed by atoms with van der Waals surface area (Å²) in [6.45, 7) is 12.5. The largest absolute Gasteiger partial charge is 0.311 e. The maximum atomic E-state index is 14.3. The topological polar surface area (TPSA) is 26.8 Å². The lowest BCUT2D eigenvalue weighted by atomic mass is 9.84. The molecule has 188 valence electrons. The van der Waals surface area contributed by atoms with E-state index < -0.39 is 0 Å². The number of amides is 1. The van der Waals surface area contributed by atoms with Crippen LogP contribution in [0, 0.1) is 31.5 Å². The molecule has 0 radical (unpaired) electrons. The van der Waals surface area contributed by atoms with Gasteiger partial charge in [0.25, 0.3) is 0 Å². The second kappa shape index (κ2) is 11.5. The van der Waals surface area contributed by atoms with Crippen LogP contribution in [0.25, 0.3) is 6.08 Å². The minimum absolute atomic E-state index is 0.0616. The number of aryl methyl sites for hydroxylation is 2. The van der Waals surface area contributed by atoms with Gasteiger partial charge in [0.05, 0.1) is 0 Å². The van der Waals surface area contributed by atoms with E-state index in [1.54, 1.807) is 6.07 Å². The van der Waals surface area contributed by atoms with Crippen molar-refractivity contribution in [2.75, 3.05) is 51.2 Å². The van der Waals surface area contributed by atoms with E-state index in [1.165, 1.54) is 11.6 Å². The summed E-state index contributed by atoms with van der Waals surface area (Å²) in [6.07, 6.45) is 6.98. The molecule has 1 amide bonds. The molecule has 2 aliphatic heterocycles. The summed E-state index contributed by atoms with van der Waals surface area (Å²) in [7, 11) is 2.19. The van der Waals surface area contributed by atoms with Crippen LogP contribution in [-0.2, 0) is 11.2 Å². The number of benzene rings is 2. The lowest BCUT2D eigenvalue weighted by Gasteiger charge is -2.38. The predicted octanol–water partition coefficient (Wildman–Crippen LogP) is 5.32. The van der Waals surface area contributed by atoms with E-state index in [-0.39, 0.29) is 23.6 Å². The summed E-state index contributed by atoms with van der Waals surface area (Å²) in [5.74, 6) is 0.206. The minimum atomic E-state index is -0.153. The smallest absolute Gasteiger partial charge is 0.229 e. The lowest BCUT2D eigenvalue weighted by Crippen LogP contribution is -2.46. The fraction of sp³-hybridized carbons (Fsp3) is 0.500. The fourth-order valence-corrected chi connectivity index (χ4v) is 5.67. The summed E-state index contributed by atoms with van der Waals surface area (Å²) >= 11 is 0. The van der Waals surface area contributed by atoms with Crippen molar-refractivity contribution in [2.24, 2.45) is 11.8 Å². The molecular formula is C30H40FN3O. The molecule has 4 nitrogen and oxygen atoms in total. The van der Waals surface area contributed by atoms with Crippen LogP contribution >= 0.6 is 0 Å². The number of piperidine rings is 1. The average Bonchev–Trinajstić information content (AvgIpc) is 2.82. The number of piperazine rings is 1. The Morgan fingerprint density at radius 1 is 1.06 bits per heavy atom.